The van der Waals surface area contributed by atoms with Crippen molar-refractivity contribution in [2.45, 2.75) is 6.92 Å². The number of nitrogens with one attached hydrogen (secondary N) is 2. The zero-order valence-electron chi connectivity index (χ0n) is 14.1. The summed E-state index contributed by atoms with van der Waals surface area (Å²) in [5.41, 5.74) is 2.72. The molecule has 0 aliphatic heterocycles. The van der Waals surface area contributed by atoms with Crippen LogP contribution in [0.3, 0.4) is 0 Å². The van der Waals surface area contributed by atoms with Crippen LogP contribution in [-0.4, -0.2) is 11.8 Å². The van der Waals surface area contributed by atoms with Crippen molar-refractivity contribution in [3.8, 4) is 0 Å². The van der Waals surface area contributed by atoms with Gasteiger partial charge in [-0.2, -0.15) is 4.73 Å². The van der Waals surface area contributed by atoms with Crippen LogP contribution in [0.1, 0.15) is 26.3 Å². The van der Waals surface area contributed by atoms with Gasteiger partial charge in [0.05, 0.1) is 5.56 Å². The summed E-state index contributed by atoms with van der Waals surface area (Å²) in [5, 5.41) is 16.7. The van der Waals surface area contributed by atoms with Gasteiger partial charge in [-0.25, -0.2) is 0 Å². The van der Waals surface area contributed by atoms with Gasteiger partial charge in [0.15, 0.2) is 12.4 Å². The summed E-state index contributed by atoms with van der Waals surface area (Å²) in [6, 6.07) is 17.2. The van der Waals surface area contributed by atoms with Gasteiger partial charge in [0.2, 0.25) is 0 Å². The summed E-state index contributed by atoms with van der Waals surface area (Å²) in [4.78, 5) is 24.8. The highest BCUT2D eigenvalue weighted by Crippen LogP contribution is 2.21. The number of hydrogen-bond donors (Lipinski definition) is 2. The maximum atomic E-state index is 12.5. The van der Waals surface area contributed by atoms with E-state index in [0.29, 0.717) is 32.8 Å². The molecule has 1 aromatic heterocycles. The Hall–Kier alpha value is -3.67. The SMILES string of the molecule is Cc1c(NC(=O)c2cc[n+]([O-])cc2)cccc1C(=O)Nc1ccccc1. The molecule has 0 aliphatic carbocycles. The van der Waals surface area contributed by atoms with Gasteiger partial charge in [-0.1, -0.05) is 24.3 Å². The number of hydrogen-bond acceptors (Lipinski definition) is 3. The quantitative estimate of drug-likeness (QED) is 0.562. The standard InChI is InChI=1S/C20H17N3O3/c1-14-17(20(25)21-16-6-3-2-4-7-16)8-5-9-18(14)22-19(24)15-10-12-23(26)13-11-15/h2-13H,1H3,(H,21,25)(H,22,24). The van der Waals surface area contributed by atoms with Gasteiger partial charge >= 0.3 is 0 Å². The summed E-state index contributed by atoms with van der Waals surface area (Å²) < 4.78 is 0.608. The molecule has 3 aromatic rings. The fraction of sp³-hybridized carbons (Fsp3) is 0.0500. The van der Waals surface area contributed by atoms with E-state index in [4.69, 9.17) is 0 Å². The molecule has 1 heterocycles. The minimum absolute atomic E-state index is 0.253. The van der Waals surface area contributed by atoms with Crippen LogP contribution in [0.15, 0.2) is 73.1 Å². The minimum atomic E-state index is -0.352. The molecule has 6 heteroatoms. The molecule has 0 spiro atoms. The maximum Gasteiger partial charge on any atom is 0.256 e. The van der Waals surface area contributed by atoms with Gasteiger partial charge in [-0.3, -0.25) is 9.59 Å². The van der Waals surface area contributed by atoms with E-state index in [9.17, 15) is 14.8 Å². The lowest BCUT2D eigenvalue weighted by Gasteiger charge is -2.13. The maximum absolute atomic E-state index is 12.5. The highest BCUT2D eigenvalue weighted by Gasteiger charge is 2.14. The van der Waals surface area contributed by atoms with E-state index in [1.165, 1.54) is 24.5 Å². The average Bonchev–Trinajstić information content (AvgIpc) is 2.64. The van der Waals surface area contributed by atoms with Crippen molar-refractivity contribution in [1.29, 1.82) is 0 Å². The smallest absolute Gasteiger partial charge is 0.256 e. The molecule has 2 aromatic carbocycles. The number of carbonyl (C=O) groups is 2. The van der Waals surface area contributed by atoms with E-state index in [-0.39, 0.29) is 11.8 Å². The van der Waals surface area contributed by atoms with Crippen molar-refractivity contribution in [3.05, 3.63) is 95.0 Å². The van der Waals surface area contributed by atoms with Crippen molar-refractivity contribution < 1.29 is 14.3 Å². The first-order chi connectivity index (χ1) is 12.5. The number of pyridine rings is 1. The van der Waals surface area contributed by atoms with Crippen molar-refractivity contribution in [2.75, 3.05) is 10.6 Å². The van der Waals surface area contributed by atoms with Crippen LogP contribution in [0.4, 0.5) is 11.4 Å². The van der Waals surface area contributed by atoms with Gasteiger partial charge in [-0.05, 0) is 36.8 Å². The Labute approximate surface area is 150 Å². The predicted molar refractivity (Wildman–Crippen MR) is 98.9 cm³/mol. The van der Waals surface area contributed by atoms with E-state index in [1.807, 2.05) is 18.2 Å². The second-order valence-electron chi connectivity index (χ2n) is 5.70. The molecule has 0 radical (unpaired) electrons. The number of nitrogens with zero attached hydrogens (tertiary/aromatic N) is 1. The normalized spacial score (nSPS) is 10.2. The van der Waals surface area contributed by atoms with E-state index >= 15 is 0 Å². The van der Waals surface area contributed by atoms with Crippen molar-refractivity contribution >= 4 is 23.2 Å². The molecule has 6 nitrogen and oxygen atoms in total. The van der Waals surface area contributed by atoms with Crippen LogP contribution in [-0.2, 0) is 0 Å². The number of benzene rings is 2. The number of carbonyl (C=O) groups excluding carboxylic acids is 2. The summed E-state index contributed by atoms with van der Waals surface area (Å²) in [5.74, 6) is -0.605. The largest absolute Gasteiger partial charge is 0.619 e. The Kier molecular flexibility index (Phi) is 4.94. The molecule has 2 amide bonds. The third-order valence-electron chi connectivity index (χ3n) is 3.92. The van der Waals surface area contributed by atoms with Crippen LogP contribution >= 0.6 is 0 Å². The van der Waals surface area contributed by atoms with Crippen LogP contribution in [0, 0.1) is 12.1 Å². The van der Waals surface area contributed by atoms with E-state index in [1.54, 1.807) is 37.3 Å². The van der Waals surface area contributed by atoms with Crippen molar-refractivity contribution in [3.63, 3.8) is 0 Å². The Bertz CT molecular complexity index is 938. The van der Waals surface area contributed by atoms with Crippen molar-refractivity contribution in [2.24, 2.45) is 0 Å². The lowest BCUT2D eigenvalue weighted by atomic mass is 10.1. The topological polar surface area (TPSA) is 85.1 Å². The van der Waals surface area contributed by atoms with E-state index in [2.05, 4.69) is 10.6 Å². The van der Waals surface area contributed by atoms with Gasteiger partial charge < -0.3 is 15.8 Å². The molecule has 0 aliphatic rings. The number of para-hydroxylation sites is 1. The highest BCUT2D eigenvalue weighted by atomic mass is 16.5. The van der Waals surface area contributed by atoms with Gasteiger partial charge in [0.25, 0.3) is 11.8 Å². The predicted octanol–water partition coefficient (Wildman–Crippen LogP) is 3.13. The summed E-state index contributed by atoms with van der Waals surface area (Å²) in [6.45, 7) is 1.77. The minimum Gasteiger partial charge on any atom is -0.619 e. The highest BCUT2D eigenvalue weighted by molar-refractivity contribution is 6.08. The Morgan fingerprint density at radius 3 is 2.23 bits per heavy atom. The zero-order valence-corrected chi connectivity index (χ0v) is 14.1. The van der Waals surface area contributed by atoms with Crippen LogP contribution in [0.5, 0.6) is 0 Å². The Morgan fingerprint density at radius 1 is 0.846 bits per heavy atom. The lowest BCUT2D eigenvalue weighted by Crippen LogP contribution is -2.25. The number of aromatic nitrogens is 1. The Morgan fingerprint density at radius 2 is 1.54 bits per heavy atom. The van der Waals surface area contributed by atoms with Crippen LogP contribution < -0.4 is 15.4 Å². The third-order valence-corrected chi connectivity index (χ3v) is 3.92. The summed E-state index contributed by atoms with van der Waals surface area (Å²) >= 11 is 0. The molecule has 0 saturated carbocycles. The molecule has 0 fully saturated rings. The molecular formula is C20H17N3O3. The first-order valence-corrected chi connectivity index (χ1v) is 8.01. The zero-order chi connectivity index (χ0) is 18.5. The molecule has 3 rings (SSSR count). The molecule has 0 atom stereocenters. The third kappa shape index (κ3) is 3.87. The van der Waals surface area contributed by atoms with Crippen LogP contribution in [0.25, 0.3) is 0 Å². The molecule has 130 valence electrons. The first kappa shape index (κ1) is 17.2. The summed E-state index contributed by atoms with van der Waals surface area (Å²) in [6.07, 6.45) is 2.51. The second-order valence-corrected chi connectivity index (χ2v) is 5.70. The van der Waals surface area contributed by atoms with E-state index in [0.717, 1.165) is 0 Å². The van der Waals surface area contributed by atoms with Gasteiger partial charge in [0.1, 0.15) is 0 Å². The monoisotopic (exact) mass is 347 g/mol. The summed E-state index contributed by atoms with van der Waals surface area (Å²) in [7, 11) is 0. The number of rotatable bonds is 4. The second kappa shape index (κ2) is 7.48. The van der Waals surface area contributed by atoms with Gasteiger partial charge in [-0.15, -0.1) is 0 Å². The lowest BCUT2D eigenvalue weighted by molar-refractivity contribution is -0.605. The number of amides is 2. The molecule has 0 saturated heterocycles. The first-order valence-electron chi connectivity index (χ1n) is 8.01. The van der Waals surface area contributed by atoms with Crippen LogP contribution in [0.2, 0.25) is 0 Å². The molecule has 0 bridgehead atoms. The molecule has 26 heavy (non-hydrogen) atoms. The van der Waals surface area contributed by atoms with E-state index < -0.39 is 0 Å². The number of anilines is 2. The molecule has 2 N–H and O–H groups in total. The molecular weight excluding hydrogens is 330 g/mol. The fourth-order valence-electron chi connectivity index (χ4n) is 2.50. The molecule has 0 unspecified atom stereocenters. The fourth-order valence-corrected chi connectivity index (χ4v) is 2.50. The average molecular weight is 347 g/mol. The van der Waals surface area contributed by atoms with Gasteiger partial charge in [0, 0.05) is 29.1 Å². The Balaban J connectivity index is 1.79. The van der Waals surface area contributed by atoms with Crippen molar-refractivity contribution in [1.82, 2.24) is 0 Å².